The van der Waals surface area contributed by atoms with Crippen molar-refractivity contribution in [2.45, 2.75) is 70.6 Å². The van der Waals surface area contributed by atoms with E-state index in [4.69, 9.17) is 5.73 Å². The summed E-state index contributed by atoms with van der Waals surface area (Å²) >= 11 is 0. The van der Waals surface area contributed by atoms with Crippen LogP contribution in [0.3, 0.4) is 0 Å². The van der Waals surface area contributed by atoms with Crippen molar-refractivity contribution in [2.24, 2.45) is 5.73 Å². The van der Waals surface area contributed by atoms with E-state index >= 15 is 0 Å². The van der Waals surface area contributed by atoms with Gasteiger partial charge in [0.15, 0.2) is 0 Å². The van der Waals surface area contributed by atoms with Crippen LogP contribution in [0, 0.1) is 13.8 Å². The second kappa shape index (κ2) is 5.07. The van der Waals surface area contributed by atoms with Crippen molar-refractivity contribution in [3.8, 4) is 5.75 Å². The third-order valence-corrected chi connectivity index (χ3v) is 5.82. The molecule has 1 aromatic carbocycles. The number of hydrogen-bond donors (Lipinski definition) is 2. The Balaban J connectivity index is 2.23. The number of aromatic hydroxyl groups is 1. The second-order valence-electron chi connectivity index (χ2n) is 6.83. The summed E-state index contributed by atoms with van der Waals surface area (Å²) in [6.07, 6.45) is 9.60. The molecule has 2 nitrogen and oxygen atoms in total. The molecule has 1 fully saturated rings. The Labute approximate surface area is 122 Å². The minimum atomic E-state index is 0.0331. The third kappa shape index (κ3) is 1.88. The van der Waals surface area contributed by atoms with Crippen molar-refractivity contribution in [1.29, 1.82) is 0 Å². The van der Waals surface area contributed by atoms with E-state index in [9.17, 15) is 5.11 Å². The maximum atomic E-state index is 10.8. The summed E-state index contributed by atoms with van der Waals surface area (Å²) in [6, 6.07) is 0. The molecule has 3 rings (SSSR count). The summed E-state index contributed by atoms with van der Waals surface area (Å²) in [5.74, 6) is 0.551. The van der Waals surface area contributed by atoms with E-state index in [0.29, 0.717) is 12.3 Å². The smallest absolute Gasteiger partial charge is 0.122 e. The zero-order valence-corrected chi connectivity index (χ0v) is 12.9. The van der Waals surface area contributed by atoms with Crippen molar-refractivity contribution < 1.29 is 5.11 Å². The highest BCUT2D eigenvalue weighted by atomic mass is 16.3. The van der Waals surface area contributed by atoms with Gasteiger partial charge >= 0.3 is 0 Å². The molecule has 20 heavy (non-hydrogen) atoms. The molecule has 1 saturated carbocycles. The molecule has 0 amide bonds. The van der Waals surface area contributed by atoms with Gasteiger partial charge in [0.25, 0.3) is 0 Å². The molecule has 0 spiro atoms. The Morgan fingerprint density at radius 3 is 2.05 bits per heavy atom. The lowest BCUT2D eigenvalue weighted by Crippen LogP contribution is -2.33. The van der Waals surface area contributed by atoms with Gasteiger partial charge in [-0.15, -0.1) is 0 Å². The van der Waals surface area contributed by atoms with Crippen LogP contribution in [0.4, 0.5) is 0 Å². The lowest BCUT2D eigenvalue weighted by Gasteiger charge is -2.34. The van der Waals surface area contributed by atoms with E-state index in [0.717, 1.165) is 24.8 Å². The minimum Gasteiger partial charge on any atom is -0.507 e. The fourth-order valence-electron chi connectivity index (χ4n) is 4.65. The van der Waals surface area contributed by atoms with Gasteiger partial charge in [0.05, 0.1) is 0 Å². The maximum absolute atomic E-state index is 10.8. The maximum Gasteiger partial charge on any atom is 0.122 e. The SMILES string of the molecule is Cc1c(O)c(C2(CN)CCCC2)c(C)c2c1CCCC2. The molecular weight excluding hydrogens is 246 g/mol. The summed E-state index contributed by atoms with van der Waals surface area (Å²) in [4.78, 5) is 0. The Hall–Kier alpha value is -1.02. The van der Waals surface area contributed by atoms with Gasteiger partial charge in [-0.1, -0.05) is 12.8 Å². The highest BCUT2D eigenvalue weighted by Gasteiger charge is 2.39. The molecule has 1 aromatic rings. The van der Waals surface area contributed by atoms with Gasteiger partial charge in [-0.25, -0.2) is 0 Å². The summed E-state index contributed by atoms with van der Waals surface area (Å²) < 4.78 is 0. The third-order valence-electron chi connectivity index (χ3n) is 5.82. The first kappa shape index (κ1) is 13.9. The Kier molecular flexibility index (Phi) is 3.53. The first-order chi connectivity index (χ1) is 9.60. The van der Waals surface area contributed by atoms with E-state index in [2.05, 4.69) is 13.8 Å². The van der Waals surface area contributed by atoms with Gasteiger partial charge in [-0.3, -0.25) is 0 Å². The number of phenols is 1. The van der Waals surface area contributed by atoms with E-state index in [1.165, 1.54) is 54.4 Å². The minimum absolute atomic E-state index is 0.0331. The fraction of sp³-hybridized carbons (Fsp3) is 0.667. The summed E-state index contributed by atoms with van der Waals surface area (Å²) in [5, 5.41) is 10.8. The fourth-order valence-corrected chi connectivity index (χ4v) is 4.65. The lowest BCUT2D eigenvalue weighted by atomic mass is 9.72. The van der Waals surface area contributed by atoms with Crippen LogP contribution in [0.2, 0.25) is 0 Å². The molecule has 0 unspecified atom stereocenters. The van der Waals surface area contributed by atoms with Crippen LogP contribution >= 0.6 is 0 Å². The average Bonchev–Trinajstić information content (AvgIpc) is 2.95. The van der Waals surface area contributed by atoms with E-state index < -0.39 is 0 Å². The first-order valence-electron chi connectivity index (χ1n) is 8.15. The number of rotatable bonds is 2. The Morgan fingerprint density at radius 2 is 1.50 bits per heavy atom. The molecule has 0 heterocycles. The van der Waals surface area contributed by atoms with Gasteiger partial charge in [-0.05, 0) is 74.6 Å². The van der Waals surface area contributed by atoms with Crippen LogP contribution in [0.25, 0.3) is 0 Å². The molecule has 3 N–H and O–H groups in total. The molecule has 0 saturated heterocycles. The standard InChI is InChI=1S/C18H27NO/c1-12-14-7-3-4-8-15(14)13(2)17(20)16(12)18(11-19)9-5-6-10-18/h20H,3-11,19H2,1-2H3. The highest BCUT2D eigenvalue weighted by molar-refractivity contribution is 5.58. The normalized spacial score (nSPS) is 20.9. The van der Waals surface area contributed by atoms with E-state index in [-0.39, 0.29) is 5.41 Å². The molecule has 0 atom stereocenters. The van der Waals surface area contributed by atoms with Crippen LogP contribution in [0.5, 0.6) is 5.75 Å². The van der Waals surface area contributed by atoms with E-state index in [1.54, 1.807) is 0 Å². The van der Waals surface area contributed by atoms with Gasteiger partial charge in [0.2, 0.25) is 0 Å². The van der Waals surface area contributed by atoms with Crippen LogP contribution in [-0.4, -0.2) is 11.7 Å². The van der Waals surface area contributed by atoms with Crippen molar-refractivity contribution in [2.75, 3.05) is 6.54 Å². The molecule has 0 aliphatic heterocycles. The number of phenolic OH excluding ortho intramolecular Hbond substituents is 1. The Morgan fingerprint density at radius 1 is 0.950 bits per heavy atom. The van der Waals surface area contributed by atoms with Gasteiger partial charge < -0.3 is 10.8 Å². The topological polar surface area (TPSA) is 46.2 Å². The number of benzene rings is 1. The first-order valence-corrected chi connectivity index (χ1v) is 8.15. The molecule has 0 radical (unpaired) electrons. The van der Waals surface area contributed by atoms with Crippen molar-refractivity contribution >= 4 is 0 Å². The van der Waals surface area contributed by atoms with Gasteiger partial charge in [0.1, 0.15) is 5.75 Å². The number of nitrogens with two attached hydrogens (primary N) is 1. The van der Waals surface area contributed by atoms with E-state index in [1.807, 2.05) is 0 Å². The Bertz CT molecular complexity index is 527. The van der Waals surface area contributed by atoms with Gasteiger partial charge in [-0.2, -0.15) is 0 Å². The molecule has 2 heteroatoms. The lowest BCUT2D eigenvalue weighted by molar-refractivity contribution is 0.399. The van der Waals surface area contributed by atoms with Crippen molar-refractivity contribution in [3.63, 3.8) is 0 Å². The molecule has 2 aliphatic carbocycles. The highest BCUT2D eigenvalue weighted by Crippen LogP contribution is 2.48. The number of fused-ring (bicyclic) bond motifs is 1. The zero-order chi connectivity index (χ0) is 14.3. The van der Waals surface area contributed by atoms with Crippen LogP contribution < -0.4 is 5.73 Å². The summed E-state index contributed by atoms with van der Waals surface area (Å²) in [5.41, 5.74) is 12.8. The number of hydrogen-bond acceptors (Lipinski definition) is 2. The summed E-state index contributed by atoms with van der Waals surface area (Å²) in [6.45, 7) is 4.98. The molecule has 110 valence electrons. The predicted molar refractivity (Wildman–Crippen MR) is 83.4 cm³/mol. The zero-order valence-electron chi connectivity index (χ0n) is 12.9. The van der Waals surface area contributed by atoms with Crippen LogP contribution in [0.15, 0.2) is 0 Å². The van der Waals surface area contributed by atoms with Crippen molar-refractivity contribution in [1.82, 2.24) is 0 Å². The second-order valence-corrected chi connectivity index (χ2v) is 6.83. The van der Waals surface area contributed by atoms with Crippen molar-refractivity contribution in [3.05, 3.63) is 27.8 Å². The molecular formula is C18H27NO. The van der Waals surface area contributed by atoms with Crippen LogP contribution in [-0.2, 0) is 18.3 Å². The quantitative estimate of drug-likeness (QED) is 0.864. The van der Waals surface area contributed by atoms with Gasteiger partial charge in [0, 0.05) is 17.5 Å². The summed E-state index contributed by atoms with van der Waals surface area (Å²) in [7, 11) is 0. The predicted octanol–water partition coefficient (Wildman–Crippen LogP) is 3.66. The molecule has 0 aromatic heterocycles. The molecule has 0 bridgehead atoms. The largest absolute Gasteiger partial charge is 0.507 e. The monoisotopic (exact) mass is 273 g/mol. The average molecular weight is 273 g/mol. The van der Waals surface area contributed by atoms with Crippen LogP contribution in [0.1, 0.15) is 66.3 Å². The molecule has 2 aliphatic rings.